The van der Waals surface area contributed by atoms with E-state index in [1.165, 1.54) is 6.07 Å². The van der Waals surface area contributed by atoms with E-state index >= 15 is 0 Å². The SMILES string of the molecule is Nc1cc(Oc2ccc([N+](=O)[O-])cc2F)nc(N)n1. The molecule has 0 radical (unpaired) electrons. The summed E-state index contributed by atoms with van der Waals surface area (Å²) in [4.78, 5) is 17.1. The number of anilines is 2. The number of benzene rings is 1. The summed E-state index contributed by atoms with van der Waals surface area (Å²) >= 11 is 0. The fraction of sp³-hybridized carbons (Fsp3) is 0. The number of nitro groups is 1. The molecule has 0 aliphatic carbocycles. The number of halogens is 1. The summed E-state index contributed by atoms with van der Waals surface area (Å²) in [6.45, 7) is 0. The second-order valence-electron chi connectivity index (χ2n) is 3.46. The van der Waals surface area contributed by atoms with Crippen molar-refractivity contribution in [1.29, 1.82) is 0 Å². The lowest BCUT2D eigenvalue weighted by molar-refractivity contribution is -0.385. The van der Waals surface area contributed by atoms with Gasteiger partial charge in [-0.25, -0.2) is 4.39 Å². The van der Waals surface area contributed by atoms with Gasteiger partial charge in [0, 0.05) is 12.1 Å². The van der Waals surface area contributed by atoms with Gasteiger partial charge in [-0.1, -0.05) is 0 Å². The van der Waals surface area contributed by atoms with Crippen molar-refractivity contribution in [3.63, 3.8) is 0 Å². The van der Waals surface area contributed by atoms with Crippen LogP contribution in [0.3, 0.4) is 0 Å². The van der Waals surface area contributed by atoms with Gasteiger partial charge < -0.3 is 16.2 Å². The lowest BCUT2D eigenvalue weighted by Crippen LogP contribution is -2.01. The van der Waals surface area contributed by atoms with E-state index in [1.807, 2.05) is 0 Å². The Kier molecular flexibility index (Phi) is 3.10. The number of hydrogen-bond donors (Lipinski definition) is 2. The van der Waals surface area contributed by atoms with Crippen molar-refractivity contribution in [2.75, 3.05) is 11.5 Å². The molecular formula is C10H8FN5O3. The minimum absolute atomic E-state index is 0.0576. The summed E-state index contributed by atoms with van der Waals surface area (Å²) in [5.74, 6) is -1.26. The number of aromatic nitrogens is 2. The van der Waals surface area contributed by atoms with Crippen molar-refractivity contribution in [3.8, 4) is 11.6 Å². The summed E-state index contributed by atoms with van der Waals surface area (Å²) in [5, 5.41) is 10.5. The van der Waals surface area contributed by atoms with Crippen LogP contribution in [0.4, 0.5) is 21.8 Å². The monoisotopic (exact) mass is 265 g/mol. The van der Waals surface area contributed by atoms with Gasteiger partial charge in [-0.3, -0.25) is 10.1 Å². The molecule has 19 heavy (non-hydrogen) atoms. The molecule has 2 aromatic rings. The summed E-state index contributed by atoms with van der Waals surface area (Å²) < 4.78 is 18.7. The van der Waals surface area contributed by atoms with Crippen LogP contribution >= 0.6 is 0 Å². The van der Waals surface area contributed by atoms with Gasteiger partial charge in [-0.05, 0) is 6.07 Å². The molecule has 8 nitrogen and oxygen atoms in total. The molecule has 0 aliphatic heterocycles. The zero-order valence-electron chi connectivity index (χ0n) is 9.41. The van der Waals surface area contributed by atoms with Crippen molar-refractivity contribution in [1.82, 2.24) is 9.97 Å². The van der Waals surface area contributed by atoms with Crippen LogP contribution in [0.5, 0.6) is 11.6 Å². The topological polar surface area (TPSA) is 130 Å². The van der Waals surface area contributed by atoms with Gasteiger partial charge in [0.15, 0.2) is 11.6 Å². The molecule has 1 aromatic heterocycles. The van der Waals surface area contributed by atoms with Gasteiger partial charge in [0.2, 0.25) is 11.8 Å². The summed E-state index contributed by atoms with van der Waals surface area (Å²) in [7, 11) is 0. The first kappa shape index (κ1) is 12.5. The minimum atomic E-state index is -0.898. The van der Waals surface area contributed by atoms with Gasteiger partial charge >= 0.3 is 0 Å². The fourth-order valence-corrected chi connectivity index (χ4v) is 1.31. The number of nitrogens with two attached hydrogens (primary N) is 2. The van der Waals surface area contributed by atoms with Gasteiger partial charge in [0.25, 0.3) is 5.69 Å². The predicted octanol–water partition coefficient (Wildman–Crippen LogP) is 1.48. The predicted molar refractivity (Wildman–Crippen MR) is 64.0 cm³/mol. The van der Waals surface area contributed by atoms with E-state index in [4.69, 9.17) is 16.2 Å². The van der Waals surface area contributed by atoms with Crippen LogP contribution in [-0.4, -0.2) is 14.9 Å². The van der Waals surface area contributed by atoms with Crippen LogP contribution < -0.4 is 16.2 Å². The molecule has 0 aliphatic rings. The molecule has 0 atom stereocenters. The van der Waals surface area contributed by atoms with Crippen LogP contribution in [0, 0.1) is 15.9 Å². The van der Waals surface area contributed by atoms with E-state index in [0.29, 0.717) is 0 Å². The number of nitrogen functional groups attached to an aromatic ring is 2. The Labute approximate surface area is 106 Å². The second kappa shape index (κ2) is 4.72. The number of nitrogens with zero attached hydrogens (tertiary/aromatic N) is 3. The highest BCUT2D eigenvalue weighted by Gasteiger charge is 2.13. The highest BCUT2D eigenvalue weighted by atomic mass is 19.1. The third-order valence-electron chi connectivity index (χ3n) is 2.08. The molecule has 0 saturated heterocycles. The largest absolute Gasteiger partial charge is 0.436 e. The Morgan fingerprint density at radius 1 is 1.26 bits per heavy atom. The van der Waals surface area contributed by atoms with E-state index in [1.54, 1.807) is 0 Å². The van der Waals surface area contributed by atoms with Crippen LogP contribution in [0.1, 0.15) is 0 Å². The minimum Gasteiger partial charge on any atom is -0.436 e. The van der Waals surface area contributed by atoms with Crippen LogP contribution in [0.25, 0.3) is 0 Å². The maximum absolute atomic E-state index is 13.6. The Morgan fingerprint density at radius 3 is 2.58 bits per heavy atom. The molecular weight excluding hydrogens is 257 g/mol. The van der Waals surface area contributed by atoms with Crippen LogP contribution in [0.15, 0.2) is 24.3 Å². The van der Waals surface area contributed by atoms with E-state index in [9.17, 15) is 14.5 Å². The van der Waals surface area contributed by atoms with Crippen molar-refractivity contribution < 1.29 is 14.1 Å². The van der Waals surface area contributed by atoms with Gasteiger partial charge in [-0.2, -0.15) is 9.97 Å². The average Bonchev–Trinajstić information content (AvgIpc) is 2.30. The molecule has 2 rings (SSSR count). The molecule has 0 unspecified atom stereocenters. The smallest absolute Gasteiger partial charge is 0.272 e. The first-order valence-electron chi connectivity index (χ1n) is 4.97. The van der Waals surface area contributed by atoms with Gasteiger partial charge in [0.1, 0.15) is 5.82 Å². The molecule has 4 N–H and O–H groups in total. The Hall–Kier alpha value is -2.97. The van der Waals surface area contributed by atoms with E-state index in [-0.39, 0.29) is 29.1 Å². The van der Waals surface area contributed by atoms with Gasteiger partial charge in [0.05, 0.1) is 11.0 Å². The van der Waals surface area contributed by atoms with E-state index in [2.05, 4.69) is 9.97 Å². The maximum atomic E-state index is 13.6. The average molecular weight is 265 g/mol. The molecule has 0 fully saturated rings. The molecule has 98 valence electrons. The molecule has 0 bridgehead atoms. The summed E-state index contributed by atoms with van der Waals surface area (Å²) in [6, 6.07) is 4.20. The first-order chi connectivity index (χ1) is 8.95. The Bertz CT molecular complexity index is 629. The number of hydrogen-bond acceptors (Lipinski definition) is 7. The molecule has 1 heterocycles. The highest BCUT2D eigenvalue weighted by molar-refractivity contribution is 5.42. The van der Waals surface area contributed by atoms with Gasteiger partial charge in [-0.15, -0.1) is 0 Å². The standard InChI is InChI=1S/C10H8FN5O3/c11-6-3-5(16(17)18)1-2-7(6)19-9-4-8(12)14-10(13)15-9/h1-4H,(H4,12,13,14,15). The van der Waals surface area contributed by atoms with Crippen molar-refractivity contribution in [2.24, 2.45) is 0 Å². The number of rotatable bonds is 3. The Morgan fingerprint density at radius 2 is 2.00 bits per heavy atom. The van der Waals surface area contributed by atoms with Crippen molar-refractivity contribution >= 4 is 17.5 Å². The third-order valence-corrected chi connectivity index (χ3v) is 2.08. The summed E-state index contributed by atoms with van der Waals surface area (Å²) in [5.41, 5.74) is 10.4. The zero-order valence-corrected chi connectivity index (χ0v) is 9.41. The van der Waals surface area contributed by atoms with Crippen LogP contribution in [-0.2, 0) is 0 Å². The fourth-order valence-electron chi connectivity index (χ4n) is 1.31. The number of ether oxygens (including phenoxy) is 1. The van der Waals surface area contributed by atoms with Crippen LogP contribution in [0.2, 0.25) is 0 Å². The highest BCUT2D eigenvalue weighted by Crippen LogP contribution is 2.27. The van der Waals surface area contributed by atoms with E-state index in [0.717, 1.165) is 18.2 Å². The third kappa shape index (κ3) is 2.83. The lowest BCUT2D eigenvalue weighted by Gasteiger charge is -2.06. The summed E-state index contributed by atoms with van der Waals surface area (Å²) in [6.07, 6.45) is 0. The molecule has 0 amide bonds. The lowest BCUT2D eigenvalue weighted by atomic mass is 10.3. The van der Waals surface area contributed by atoms with E-state index < -0.39 is 10.7 Å². The quantitative estimate of drug-likeness (QED) is 0.634. The number of nitro benzene ring substituents is 1. The maximum Gasteiger partial charge on any atom is 0.272 e. The van der Waals surface area contributed by atoms with Crippen molar-refractivity contribution in [3.05, 3.63) is 40.2 Å². The Balaban J connectivity index is 2.30. The second-order valence-corrected chi connectivity index (χ2v) is 3.46. The normalized spacial score (nSPS) is 10.2. The first-order valence-corrected chi connectivity index (χ1v) is 4.97. The zero-order chi connectivity index (χ0) is 14.0. The number of non-ortho nitro benzene ring substituents is 1. The molecule has 0 saturated carbocycles. The molecule has 0 spiro atoms. The molecule has 9 heteroatoms. The molecule has 1 aromatic carbocycles. The van der Waals surface area contributed by atoms with Crippen molar-refractivity contribution in [2.45, 2.75) is 0 Å².